The van der Waals surface area contributed by atoms with Crippen molar-refractivity contribution in [2.45, 2.75) is 19.3 Å². The molecule has 4 heteroatoms. The first-order valence-corrected chi connectivity index (χ1v) is 10.3. The van der Waals surface area contributed by atoms with Crippen LogP contribution in [-0.4, -0.2) is 28.9 Å². The van der Waals surface area contributed by atoms with E-state index in [2.05, 4.69) is 59.4 Å². The lowest BCUT2D eigenvalue weighted by Crippen LogP contribution is -2.27. The predicted octanol–water partition coefficient (Wildman–Crippen LogP) is 4.53. The van der Waals surface area contributed by atoms with E-state index in [9.17, 15) is 4.79 Å². The second-order valence-electron chi connectivity index (χ2n) is 8.27. The minimum Gasteiger partial charge on any atom is -0.344 e. The maximum absolute atomic E-state index is 12.7. The molecule has 29 heavy (non-hydrogen) atoms. The summed E-state index contributed by atoms with van der Waals surface area (Å²) in [5.41, 5.74) is 5.91. The Bertz CT molecular complexity index is 1020. The molecule has 3 heterocycles. The van der Waals surface area contributed by atoms with Crippen LogP contribution >= 0.6 is 0 Å². The Morgan fingerprint density at radius 1 is 1.21 bits per heavy atom. The van der Waals surface area contributed by atoms with E-state index in [0.717, 1.165) is 49.4 Å². The number of pyridine rings is 1. The van der Waals surface area contributed by atoms with Crippen molar-refractivity contribution >= 4 is 23.4 Å². The molecule has 3 aliphatic rings. The van der Waals surface area contributed by atoms with Gasteiger partial charge in [-0.25, -0.2) is 4.98 Å². The van der Waals surface area contributed by atoms with E-state index < -0.39 is 0 Å². The summed E-state index contributed by atoms with van der Waals surface area (Å²) in [7, 11) is 0. The van der Waals surface area contributed by atoms with Gasteiger partial charge in [-0.1, -0.05) is 43.0 Å². The monoisotopic (exact) mass is 383 g/mol. The fraction of sp³-hybridized carbons (Fsp3) is 0.280. The molecule has 1 fully saturated rings. The van der Waals surface area contributed by atoms with Gasteiger partial charge < -0.3 is 10.2 Å². The number of aromatic nitrogens is 1. The SMILES string of the molecule is C=C1CCc2cc(/C=C/C(=O)N3C[C@@H]4CC(c5ccccc5)=C[C@@H]4C3)cnc2N1. The third-order valence-corrected chi connectivity index (χ3v) is 6.24. The normalized spacial score (nSPS) is 23.0. The van der Waals surface area contributed by atoms with Crippen molar-refractivity contribution < 1.29 is 4.79 Å². The van der Waals surface area contributed by atoms with Gasteiger partial charge in [-0.2, -0.15) is 0 Å². The summed E-state index contributed by atoms with van der Waals surface area (Å²) >= 11 is 0. The van der Waals surface area contributed by atoms with E-state index >= 15 is 0 Å². The topological polar surface area (TPSA) is 45.2 Å². The van der Waals surface area contributed by atoms with Gasteiger partial charge in [0.2, 0.25) is 5.91 Å². The summed E-state index contributed by atoms with van der Waals surface area (Å²) in [6.07, 6.45) is 10.7. The Kier molecular flexibility index (Phi) is 4.55. The Morgan fingerprint density at radius 3 is 2.90 bits per heavy atom. The van der Waals surface area contributed by atoms with Crippen LogP contribution in [0.2, 0.25) is 0 Å². The number of hydrogen-bond donors (Lipinski definition) is 1. The number of anilines is 1. The van der Waals surface area contributed by atoms with Crippen molar-refractivity contribution in [3.8, 4) is 0 Å². The van der Waals surface area contributed by atoms with Crippen molar-refractivity contribution in [3.05, 3.63) is 83.7 Å². The van der Waals surface area contributed by atoms with E-state index in [1.807, 2.05) is 17.2 Å². The zero-order chi connectivity index (χ0) is 19.8. The number of nitrogens with one attached hydrogen (secondary N) is 1. The van der Waals surface area contributed by atoms with Crippen molar-refractivity contribution in [1.29, 1.82) is 0 Å². The summed E-state index contributed by atoms with van der Waals surface area (Å²) in [6.45, 7) is 5.63. The molecule has 1 aromatic heterocycles. The number of benzene rings is 1. The molecule has 0 spiro atoms. The minimum atomic E-state index is 0.0956. The summed E-state index contributed by atoms with van der Waals surface area (Å²) in [4.78, 5) is 19.2. The zero-order valence-corrected chi connectivity index (χ0v) is 16.5. The molecular weight excluding hydrogens is 358 g/mol. The molecule has 1 saturated heterocycles. The van der Waals surface area contributed by atoms with Crippen LogP contribution in [0.1, 0.15) is 29.5 Å². The number of likely N-dealkylation sites (tertiary alicyclic amines) is 1. The molecule has 0 saturated carbocycles. The van der Waals surface area contributed by atoms with Crippen LogP contribution in [0.3, 0.4) is 0 Å². The number of carbonyl (C=O) groups excluding carboxylic acids is 1. The maximum Gasteiger partial charge on any atom is 0.246 e. The van der Waals surface area contributed by atoms with Gasteiger partial charge in [0.1, 0.15) is 5.82 Å². The lowest BCUT2D eigenvalue weighted by atomic mass is 9.98. The number of carbonyl (C=O) groups is 1. The van der Waals surface area contributed by atoms with Gasteiger partial charge >= 0.3 is 0 Å². The molecule has 1 amide bonds. The predicted molar refractivity (Wildman–Crippen MR) is 117 cm³/mol. The van der Waals surface area contributed by atoms with Crippen LogP contribution in [0, 0.1) is 11.8 Å². The van der Waals surface area contributed by atoms with Crippen molar-refractivity contribution in [2.24, 2.45) is 11.8 Å². The molecular formula is C25H25N3O. The Hall–Kier alpha value is -3.14. The van der Waals surface area contributed by atoms with Crippen LogP contribution < -0.4 is 5.32 Å². The fourth-order valence-electron chi connectivity index (χ4n) is 4.67. The molecule has 2 atom stereocenters. The molecule has 1 N–H and O–H groups in total. The van der Waals surface area contributed by atoms with Crippen LogP contribution in [0.5, 0.6) is 0 Å². The van der Waals surface area contributed by atoms with Crippen LogP contribution in [0.25, 0.3) is 11.6 Å². The number of aryl methyl sites for hydroxylation is 1. The summed E-state index contributed by atoms with van der Waals surface area (Å²) in [5, 5.41) is 3.22. The second-order valence-corrected chi connectivity index (χ2v) is 8.27. The summed E-state index contributed by atoms with van der Waals surface area (Å²) < 4.78 is 0. The summed E-state index contributed by atoms with van der Waals surface area (Å²) in [6, 6.07) is 12.7. The number of rotatable bonds is 3. The van der Waals surface area contributed by atoms with Gasteiger partial charge in [0.15, 0.2) is 0 Å². The molecule has 0 unspecified atom stereocenters. The highest BCUT2D eigenvalue weighted by Crippen LogP contribution is 2.41. The van der Waals surface area contributed by atoms with Gasteiger partial charge in [-0.3, -0.25) is 4.79 Å². The van der Waals surface area contributed by atoms with Gasteiger partial charge in [-0.05, 0) is 65.5 Å². The van der Waals surface area contributed by atoms with E-state index in [4.69, 9.17) is 0 Å². The molecule has 5 rings (SSSR count). The smallest absolute Gasteiger partial charge is 0.246 e. The Labute approximate surface area is 171 Å². The van der Waals surface area contributed by atoms with Gasteiger partial charge in [0, 0.05) is 31.1 Å². The second kappa shape index (κ2) is 7.36. The van der Waals surface area contributed by atoms with E-state index in [-0.39, 0.29) is 5.91 Å². The number of allylic oxidation sites excluding steroid dienone is 2. The first-order chi connectivity index (χ1) is 14.2. The third-order valence-electron chi connectivity index (χ3n) is 6.24. The molecule has 0 bridgehead atoms. The first-order valence-electron chi connectivity index (χ1n) is 10.3. The minimum absolute atomic E-state index is 0.0956. The number of amides is 1. The van der Waals surface area contributed by atoms with Crippen LogP contribution in [0.4, 0.5) is 5.82 Å². The molecule has 2 aromatic rings. The van der Waals surface area contributed by atoms with Crippen molar-refractivity contribution in [2.75, 3.05) is 18.4 Å². The van der Waals surface area contributed by atoms with E-state index in [1.165, 1.54) is 16.7 Å². The van der Waals surface area contributed by atoms with Crippen LogP contribution in [-0.2, 0) is 11.2 Å². The molecule has 1 aliphatic carbocycles. The Balaban J connectivity index is 1.23. The highest BCUT2D eigenvalue weighted by atomic mass is 16.2. The first kappa shape index (κ1) is 17.9. The van der Waals surface area contributed by atoms with Crippen molar-refractivity contribution in [1.82, 2.24) is 9.88 Å². The van der Waals surface area contributed by atoms with Crippen molar-refractivity contribution in [3.63, 3.8) is 0 Å². The molecule has 2 aliphatic heterocycles. The molecule has 146 valence electrons. The number of nitrogens with zero attached hydrogens (tertiary/aromatic N) is 2. The average Bonchev–Trinajstić information content (AvgIpc) is 3.32. The molecule has 1 aromatic carbocycles. The highest BCUT2D eigenvalue weighted by molar-refractivity contribution is 5.92. The maximum atomic E-state index is 12.7. The van der Waals surface area contributed by atoms with Crippen LogP contribution in [0.15, 0.2) is 67.0 Å². The largest absolute Gasteiger partial charge is 0.344 e. The van der Waals surface area contributed by atoms with Gasteiger partial charge in [0.05, 0.1) is 0 Å². The molecule has 0 radical (unpaired) electrons. The fourth-order valence-corrected chi connectivity index (χ4v) is 4.67. The van der Waals surface area contributed by atoms with E-state index in [1.54, 1.807) is 6.08 Å². The number of fused-ring (bicyclic) bond motifs is 2. The lowest BCUT2D eigenvalue weighted by molar-refractivity contribution is -0.125. The number of hydrogen-bond acceptors (Lipinski definition) is 3. The molecule has 4 nitrogen and oxygen atoms in total. The Morgan fingerprint density at radius 2 is 2.07 bits per heavy atom. The highest BCUT2D eigenvalue weighted by Gasteiger charge is 2.37. The van der Waals surface area contributed by atoms with Gasteiger partial charge in [-0.15, -0.1) is 0 Å². The standard InChI is InChI=1S/C25H25N3O/c1-17-7-9-20-11-18(14-26-25(20)27-17)8-10-24(29)28-15-22-12-21(13-23(22)16-28)19-5-3-2-4-6-19/h2-6,8,10-12,14,22-23H,1,7,9,13,15-16H2,(H,26,27)/b10-8+/t22-,23+/m1/s1. The van der Waals surface area contributed by atoms with E-state index in [0.29, 0.717) is 11.8 Å². The summed E-state index contributed by atoms with van der Waals surface area (Å²) in [5.74, 6) is 2.01. The quantitative estimate of drug-likeness (QED) is 0.792. The third kappa shape index (κ3) is 3.63. The zero-order valence-electron chi connectivity index (χ0n) is 16.5. The lowest BCUT2D eigenvalue weighted by Gasteiger charge is -2.19. The van der Waals surface area contributed by atoms with Gasteiger partial charge in [0.25, 0.3) is 0 Å². The average molecular weight is 383 g/mol.